The maximum atomic E-state index is 4.26. The molecule has 3 rings (SSSR count). The minimum atomic E-state index is 0.573. The van der Waals surface area contributed by atoms with Gasteiger partial charge in [0.05, 0.1) is 11.6 Å². The Kier molecular flexibility index (Phi) is 1.68. The molecule has 2 aromatic heterocycles. The zero-order chi connectivity index (χ0) is 10.4. The second-order valence-electron chi connectivity index (χ2n) is 4.19. The van der Waals surface area contributed by atoms with Gasteiger partial charge in [0.2, 0.25) is 0 Å². The van der Waals surface area contributed by atoms with Gasteiger partial charge in [-0.25, -0.2) is 9.97 Å². The van der Waals surface area contributed by atoms with Crippen molar-refractivity contribution in [1.29, 1.82) is 0 Å². The van der Waals surface area contributed by atoms with Crippen LogP contribution in [-0.2, 0) is 7.05 Å². The van der Waals surface area contributed by atoms with Crippen molar-refractivity contribution in [2.45, 2.75) is 19.4 Å². The summed E-state index contributed by atoms with van der Waals surface area (Å²) >= 11 is 0. The molecule has 0 aromatic carbocycles. The number of aromatic nitrogens is 4. The molecule has 1 fully saturated rings. The van der Waals surface area contributed by atoms with Crippen LogP contribution in [0.15, 0.2) is 12.5 Å². The van der Waals surface area contributed by atoms with Gasteiger partial charge < -0.3 is 5.32 Å². The Balaban J connectivity index is 2.02. The number of rotatable bonds is 2. The van der Waals surface area contributed by atoms with E-state index >= 15 is 0 Å². The van der Waals surface area contributed by atoms with Gasteiger partial charge in [-0.3, -0.25) is 4.68 Å². The van der Waals surface area contributed by atoms with E-state index in [-0.39, 0.29) is 0 Å². The lowest BCUT2D eigenvalue weighted by molar-refractivity contribution is 0.785. The average Bonchev–Trinajstić information content (AvgIpc) is 2.77. The molecule has 2 heterocycles. The van der Waals surface area contributed by atoms with Crippen molar-refractivity contribution in [1.82, 2.24) is 19.7 Å². The molecule has 0 radical (unpaired) electrons. The molecule has 1 N–H and O–H groups in total. The van der Waals surface area contributed by atoms with Crippen LogP contribution in [0.4, 0.5) is 5.82 Å². The molecule has 0 saturated heterocycles. The van der Waals surface area contributed by atoms with Gasteiger partial charge in [0.15, 0.2) is 5.65 Å². The molecule has 15 heavy (non-hydrogen) atoms. The predicted molar refractivity (Wildman–Crippen MR) is 57.5 cm³/mol. The van der Waals surface area contributed by atoms with Gasteiger partial charge in [-0.05, 0) is 12.3 Å². The van der Waals surface area contributed by atoms with Gasteiger partial charge in [-0.1, -0.05) is 6.92 Å². The fourth-order valence-corrected chi connectivity index (χ4v) is 1.78. The second-order valence-corrected chi connectivity index (χ2v) is 4.19. The first-order valence-corrected chi connectivity index (χ1v) is 5.15. The Morgan fingerprint density at radius 3 is 3.00 bits per heavy atom. The van der Waals surface area contributed by atoms with Crippen LogP contribution >= 0.6 is 0 Å². The van der Waals surface area contributed by atoms with Gasteiger partial charge in [0.1, 0.15) is 12.1 Å². The van der Waals surface area contributed by atoms with E-state index in [1.54, 1.807) is 11.0 Å². The summed E-state index contributed by atoms with van der Waals surface area (Å²) in [6.07, 6.45) is 4.62. The van der Waals surface area contributed by atoms with E-state index in [2.05, 4.69) is 27.3 Å². The van der Waals surface area contributed by atoms with Crippen LogP contribution in [0, 0.1) is 5.92 Å². The quantitative estimate of drug-likeness (QED) is 0.796. The van der Waals surface area contributed by atoms with Crippen LogP contribution in [0.3, 0.4) is 0 Å². The van der Waals surface area contributed by atoms with Gasteiger partial charge in [0, 0.05) is 13.1 Å². The van der Waals surface area contributed by atoms with Crippen molar-refractivity contribution >= 4 is 16.9 Å². The average molecular weight is 203 g/mol. The predicted octanol–water partition coefficient (Wildman–Crippen LogP) is 1.18. The molecule has 78 valence electrons. The molecule has 2 aromatic rings. The van der Waals surface area contributed by atoms with Gasteiger partial charge in [0.25, 0.3) is 0 Å². The van der Waals surface area contributed by atoms with Crippen LogP contribution in [-0.4, -0.2) is 25.8 Å². The highest BCUT2D eigenvalue weighted by Crippen LogP contribution is 2.33. The van der Waals surface area contributed by atoms with E-state index in [0.29, 0.717) is 6.04 Å². The number of nitrogens with one attached hydrogen (secondary N) is 1. The Morgan fingerprint density at radius 2 is 2.27 bits per heavy atom. The van der Waals surface area contributed by atoms with Gasteiger partial charge in [-0.15, -0.1) is 0 Å². The van der Waals surface area contributed by atoms with Crippen molar-refractivity contribution in [3.63, 3.8) is 0 Å². The monoisotopic (exact) mass is 203 g/mol. The topological polar surface area (TPSA) is 55.6 Å². The van der Waals surface area contributed by atoms with Gasteiger partial charge in [-0.2, -0.15) is 5.10 Å². The standard InChI is InChI=1S/C10H13N5/c1-6-3-8(6)14-9-7-4-13-15(2)10(7)12-5-11-9/h4-6,8H,3H2,1-2H3,(H,11,12,14). The molecule has 2 atom stereocenters. The molecular weight excluding hydrogens is 190 g/mol. The number of fused-ring (bicyclic) bond motifs is 1. The highest BCUT2D eigenvalue weighted by atomic mass is 15.3. The van der Waals surface area contributed by atoms with E-state index in [1.165, 1.54) is 6.42 Å². The Hall–Kier alpha value is -1.65. The van der Waals surface area contributed by atoms with Crippen LogP contribution in [0.1, 0.15) is 13.3 Å². The third kappa shape index (κ3) is 1.35. The third-order valence-corrected chi connectivity index (χ3v) is 2.96. The number of nitrogens with zero attached hydrogens (tertiary/aromatic N) is 4. The lowest BCUT2D eigenvalue weighted by Gasteiger charge is -2.04. The molecule has 0 amide bonds. The van der Waals surface area contributed by atoms with Crippen LogP contribution < -0.4 is 5.32 Å². The zero-order valence-corrected chi connectivity index (χ0v) is 8.81. The summed E-state index contributed by atoms with van der Waals surface area (Å²) in [4.78, 5) is 8.46. The highest BCUT2D eigenvalue weighted by Gasteiger charge is 2.33. The molecule has 0 spiro atoms. The second kappa shape index (κ2) is 2.92. The number of aryl methyl sites for hydroxylation is 1. The number of hydrogen-bond donors (Lipinski definition) is 1. The van der Waals surface area contributed by atoms with Crippen LogP contribution in [0.2, 0.25) is 0 Å². The fourth-order valence-electron chi connectivity index (χ4n) is 1.78. The molecule has 5 heteroatoms. The lowest BCUT2D eigenvalue weighted by Crippen LogP contribution is -2.06. The highest BCUT2D eigenvalue weighted by molar-refractivity contribution is 5.86. The SMILES string of the molecule is CC1CC1Nc1ncnc2c1cnn2C. The largest absolute Gasteiger partial charge is 0.366 e. The first-order chi connectivity index (χ1) is 7.25. The van der Waals surface area contributed by atoms with E-state index in [4.69, 9.17) is 0 Å². The molecule has 1 aliphatic rings. The Labute approximate surface area is 87.5 Å². The summed E-state index contributed by atoms with van der Waals surface area (Å²) in [6.45, 7) is 2.24. The minimum absolute atomic E-state index is 0.573. The molecule has 0 aliphatic heterocycles. The summed E-state index contributed by atoms with van der Waals surface area (Å²) in [7, 11) is 1.89. The van der Waals surface area contributed by atoms with Crippen molar-refractivity contribution in [3.8, 4) is 0 Å². The zero-order valence-electron chi connectivity index (χ0n) is 8.81. The minimum Gasteiger partial charge on any atom is -0.366 e. The summed E-state index contributed by atoms with van der Waals surface area (Å²) in [6, 6.07) is 0.573. The summed E-state index contributed by atoms with van der Waals surface area (Å²) in [5.74, 6) is 1.66. The van der Waals surface area contributed by atoms with Gasteiger partial charge >= 0.3 is 0 Å². The van der Waals surface area contributed by atoms with E-state index in [0.717, 1.165) is 22.8 Å². The van der Waals surface area contributed by atoms with E-state index in [1.807, 2.05) is 13.2 Å². The maximum absolute atomic E-state index is 4.26. The number of hydrogen-bond acceptors (Lipinski definition) is 4. The molecule has 1 saturated carbocycles. The first kappa shape index (κ1) is 8.64. The molecule has 1 aliphatic carbocycles. The third-order valence-electron chi connectivity index (χ3n) is 2.96. The van der Waals surface area contributed by atoms with Crippen molar-refractivity contribution < 1.29 is 0 Å². The van der Waals surface area contributed by atoms with E-state index < -0.39 is 0 Å². The first-order valence-electron chi connectivity index (χ1n) is 5.15. The van der Waals surface area contributed by atoms with Crippen LogP contribution in [0.5, 0.6) is 0 Å². The maximum Gasteiger partial charge on any atom is 0.163 e. The molecule has 0 bridgehead atoms. The van der Waals surface area contributed by atoms with E-state index in [9.17, 15) is 0 Å². The molecule has 5 nitrogen and oxygen atoms in total. The Bertz CT molecular complexity index is 503. The number of anilines is 1. The summed E-state index contributed by atoms with van der Waals surface area (Å²) in [5.41, 5.74) is 0.876. The summed E-state index contributed by atoms with van der Waals surface area (Å²) in [5, 5.41) is 8.59. The van der Waals surface area contributed by atoms with Crippen molar-refractivity contribution in [3.05, 3.63) is 12.5 Å². The molecular formula is C10H13N5. The smallest absolute Gasteiger partial charge is 0.163 e. The molecule has 2 unspecified atom stereocenters. The van der Waals surface area contributed by atoms with Crippen molar-refractivity contribution in [2.75, 3.05) is 5.32 Å². The summed E-state index contributed by atoms with van der Waals surface area (Å²) < 4.78 is 1.76. The van der Waals surface area contributed by atoms with Crippen molar-refractivity contribution in [2.24, 2.45) is 13.0 Å². The lowest BCUT2D eigenvalue weighted by atomic mass is 10.4. The van der Waals surface area contributed by atoms with Crippen LogP contribution in [0.25, 0.3) is 11.0 Å². The Morgan fingerprint density at radius 1 is 1.47 bits per heavy atom. The fraction of sp³-hybridized carbons (Fsp3) is 0.500. The normalized spacial score (nSPS) is 24.4.